The van der Waals surface area contributed by atoms with Crippen LogP contribution in [0.3, 0.4) is 0 Å². The van der Waals surface area contributed by atoms with Crippen LogP contribution in [0.25, 0.3) is 0 Å². The molecule has 8 heteroatoms. The number of aromatic nitrogens is 3. The van der Waals surface area contributed by atoms with Gasteiger partial charge in [-0.25, -0.2) is 0 Å². The molecule has 2 amide bonds. The largest absolute Gasteiger partial charge is 0.482 e. The summed E-state index contributed by atoms with van der Waals surface area (Å²) >= 11 is 0. The van der Waals surface area contributed by atoms with Gasteiger partial charge in [-0.1, -0.05) is 0 Å². The Hall–Kier alpha value is -2.90. The van der Waals surface area contributed by atoms with Crippen molar-refractivity contribution >= 4 is 23.5 Å². The van der Waals surface area contributed by atoms with E-state index in [0.29, 0.717) is 22.8 Å². The molecule has 0 bridgehead atoms. The predicted octanol–water partition coefficient (Wildman–Crippen LogP) is 0.696. The SMILES string of the molecule is Cc1nc(NC(=O)c2ccc3c(c2)NC(=O)CO3)n[nH]1. The van der Waals surface area contributed by atoms with Crippen LogP contribution in [-0.2, 0) is 4.79 Å². The highest BCUT2D eigenvalue weighted by Crippen LogP contribution is 2.28. The number of ether oxygens (including phenoxy) is 1. The van der Waals surface area contributed by atoms with Crippen LogP contribution in [0.2, 0.25) is 0 Å². The Morgan fingerprint density at radius 2 is 2.30 bits per heavy atom. The molecule has 2 aromatic rings. The van der Waals surface area contributed by atoms with E-state index in [4.69, 9.17) is 4.74 Å². The normalized spacial score (nSPS) is 13.2. The summed E-state index contributed by atoms with van der Waals surface area (Å²) in [5.41, 5.74) is 0.845. The second kappa shape index (κ2) is 4.65. The van der Waals surface area contributed by atoms with E-state index in [1.54, 1.807) is 25.1 Å². The molecular weight excluding hydrogens is 262 g/mol. The summed E-state index contributed by atoms with van der Waals surface area (Å²) in [6, 6.07) is 4.78. The van der Waals surface area contributed by atoms with Gasteiger partial charge < -0.3 is 10.1 Å². The molecule has 20 heavy (non-hydrogen) atoms. The van der Waals surface area contributed by atoms with Crippen molar-refractivity contribution in [1.82, 2.24) is 15.2 Å². The number of hydrogen-bond donors (Lipinski definition) is 3. The van der Waals surface area contributed by atoms with E-state index in [-0.39, 0.29) is 24.4 Å². The number of nitrogens with zero attached hydrogens (tertiary/aromatic N) is 2. The van der Waals surface area contributed by atoms with Crippen LogP contribution in [0, 0.1) is 6.92 Å². The van der Waals surface area contributed by atoms with Gasteiger partial charge in [-0.15, -0.1) is 5.10 Å². The molecule has 1 aromatic heterocycles. The van der Waals surface area contributed by atoms with Crippen molar-refractivity contribution in [1.29, 1.82) is 0 Å². The second-order valence-corrected chi connectivity index (χ2v) is 4.25. The summed E-state index contributed by atoms with van der Waals surface area (Å²) in [5, 5.41) is 11.6. The molecule has 0 spiro atoms. The standard InChI is InChI=1S/C12H11N5O3/c1-6-13-12(17-16-6)15-11(19)7-2-3-9-8(4-7)14-10(18)5-20-9/h2-4H,5H2,1H3,(H,14,18)(H2,13,15,16,17,19). The Labute approximate surface area is 113 Å². The topological polar surface area (TPSA) is 109 Å². The van der Waals surface area contributed by atoms with Crippen LogP contribution in [0.4, 0.5) is 11.6 Å². The molecule has 0 saturated carbocycles. The van der Waals surface area contributed by atoms with Crippen molar-refractivity contribution in [3.05, 3.63) is 29.6 Å². The number of hydrogen-bond acceptors (Lipinski definition) is 5. The first-order valence-corrected chi connectivity index (χ1v) is 5.89. The van der Waals surface area contributed by atoms with Crippen LogP contribution < -0.4 is 15.4 Å². The number of amides is 2. The fraction of sp³-hybridized carbons (Fsp3) is 0.167. The molecule has 0 atom stereocenters. The predicted molar refractivity (Wildman–Crippen MR) is 69.6 cm³/mol. The van der Waals surface area contributed by atoms with Gasteiger partial charge >= 0.3 is 0 Å². The molecule has 0 unspecified atom stereocenters. The minimum Gasteiger partial charge on any atom is -0.482 e. The Morgan fingerprint density at radius 1 is 1.45 bits per heavy atom. The zero-order valence-corrected chi connectivity index (χ0v) is 10.6. The molecule has 1 aromatic carbocycles. The van der Waals surface area contributed by atoms with Crippen LogP contribution in [0.1, 0.15) is 16.2 Å². The number of nitrogens with one attached hydrogen (secondary N) is 3. The van der Waals surface area contributed by atoms with Crippen molar-refractivity contribution in [2.75, 3.05) is 17.2 Å². The van der Waals surface area contributed by atoms with Crippen molar-refractivity contribution in [2.45, 2.75) is 6.92 Å². The minimum atomic E-state index is -0.369. The van der Waals surface area contributed by atoms with E-state index < -0.39 is 0 Å². The third-order valence-electron chi connectivity index (χ3n) is 2.70. The average Bonchev–Trinajstić information content (AvgIpc) is 2.83. The molecule has 102 valence electrons. The number of rotatable bonds is 2. The van der Waals surface area contributed by atoms with E-state index in [1.807, 2.05) is 0 Å². The molecular formula is C12H11N5O3. The van der Waals surface area contributed by atoms with Gasteiger partial charge in [0, 0.05) is 5.56 Å². The Bertz CT molecular complexity index is 694. The van der Waals surface area contributed by atoms with Gasteiger partial charge in [-0.05, 0) is 25.1 Å². The van der Waals surface area contributed by atoms with Gasteiger partial charge in [-0.2, -0.15) is 4.98 Å². The maximum Gasteiger partial charge on any atom is 0.262 e. The van der Waals surface area contributed by atoms with Crippen LogP contribution in [0.15, 0.2) is 18.2 Å². The van der Waals surface area contributed by atoms with E-state index in [9.17, 15) is 9.59 Å². The Balaban J connectivity index is 1.81. The highest BCUT2D eigenvalue weighted by molar-refractivity contribution is 6.05. The van der Waals surface area contributed by atoms with Crippen LogP contribution in [-0.4, -0.2) is 33.6 Å². The summed E-state index contributed by atoms with van der Waals surface area (Å²) in [4.78, 5) is 27.3. The summed E-state index contributed by atoms with van der Waals surface area (Å²) in [5.74, 6) is 0.720. The van der Waals surface area contributed by atoms with Crippen LogP contribution in [0.5, 0.6) is 5.75 Å². The van der Waals surface area contributed by atoms with Gasteiger partial charge in [0.25, 0.3) is 11.8 Å². The number of carbonyl (C=O) groups excluding carboxylic acids is 2. The minimum absolute atomic E-state index is 0.0188. The van der Waals surface area contributed by atoms with E-state index >= 15 is 0 Å². The third kappa shape index (κ3) is 2.30. The molecule has 0 radical (unpaired) electrons. The van der Waals surface area contributed by atoms with Crippen molar-refractivity contribution in [3.63, 3.8) is 0 Å². The highest BCUT2D eigenvalue weighted by atomic mass is 16.5. The summed E-state index contributed by atoms with van der Waals surface area (Å²) < 4.78 is 5.22. The lowest BCUT2D eigenvalue weighted by molar-refractivity contribution is -0.118. The zero-order valence-electron chi connectivity index (χ0n) is 10.6. The van der Waals surface area contributed by atoms with Crippen molar-refractivity contribution < 1.29 is 14.3 Å². The number of fused-ring (bicyclic) bond motifs is 1. The fourth-order valence-electron chi connectivity index (χ4n) is 1.80. The lowest BCUT2D eigenvalue weighted by Gasteiger charge is -2.18. The van der Waals surface area contributed by atoms with Gasteiger partial charge in [0.05, 0.1) is 5.69 Å². The molecule has 8 nitrogen and oxygen atoms in total. The quantitative estimate of drug-likeness (QED) is 0.746. The smallest absolute Gasteiger partial charge is 0.262 e. The van der Waals surface area contributed by atoms with Gasteiger partial charge in [0.1, 0.15) is 11.6 Å². The monoisotopic (exact) mass is 273 g/mol. The molecule has 2 heterocycles. The van der Waals surface area contributed by atoms with Crippen molar-refractivity contribution in [3.8, 4) is 5.75 Å². The van der Waals surface area contributed by atoms with Gasteiger partial charge in [-0.3, -0.25) is 20.0 Å². The lowest BCUT2D eigenvalue weighted by Crippen LogP contribution is -2.25. The molecule has 1 aliphatic rings. The van der Waals surface area contributed by atoms with Gasteiger partial charge in [0.2, 0.25) is 5.95 Å². The van der Waals surface area contributed by atoms with E-state index in [0.717, 1.165) is 0 Å². The summed E-state index contributed by atoms with van der Waals surface area (Å²) in [6.07, 6.45) is 0. The summed E-state index contributed by atoms with van der Waals surface area (Å²) in [7, 11) is 0. The zero-order chi connectivity index (χ0) is 14.1. The maximum absolute atomic E-state index is 12.0. The maximum atomic E-state index is 12.0. The number of anilines is 2. The first-order valence-electron chi connectivity index (χ1n) is 5.89. The first kappa shape index (κ1) is 12.2. The highest BCUT2D eigenvalue weighted by Gasteiger charge is 2.18. The lowest BCUT2D eigenvalue weighted by atomic mass is 10.1. The van der Waals surface area contributed by atoms with E-state index in [1.165, 1.54) is 0 Å². The molecule has 0 aliphatic carbocycles. The number of aryl methyl sites for hydroxylation is 1. The number of benzene rings is 1. The number of carbonyl (C=O) groups is 2. The third-order valence-corrected chi connectivity index (χ3v) is 2.70. The van der Waals surface area contributed by atoms with E-state index in [2.05, 4.69) is 25.8 Å². The Kier molecular flexibility index (Phi) is 2.82. The average molecular weight is 273 g/mol. The number of H-pyrrole nitrogens is 1. The number of aromatic amines is 1. The first-order chi connectivity index (χ1) is 9.61. The molecule has 3 N–H and O–H groups in total. The summed E-state index contributed by atoms with van der Waals surface area (Å²) in [6.45, 7) is 1.71. The molecule has 1 aliphatic heterocycles. The molecule has 3 rings (SSSR count). The van der Waals surface area contributed by atoms with Crippen LogP contribution >= 0.6 is 0 Å². The molecule has 0 saturated heterocycles. The van der Waals surface area contributed by atoms with Gasteiger partial charge in [0.15, 0.2) is 6.61 Å². The second-order valence-electron chi connectivity index (χ2n) is 4.25. The Morgan fingerprint density at radius 3 is 3.05 bits per heavy atom. The van der Waals surface area contributed by atoms with Crippen molar-refractivity contribution in [2.24, 2.45) is 0 Å². The molecule has 0 fully saturated rings. The fourth-order valence-corrected chi connectivity index (χ4v) is 1.80.